The smallest absolute Gasteiger partial charge is 0.380 e. The number of aromatic nitrogens is 2. The number of rotatable bonds is 3. The van der Waals surface area contributed by atoms with Gasteiger partial charge in [-0.25, -0.2) is 4.79 Å². The van der Waals surface area contributed by atoms with Gasteiger partial charge in [-0.2, -0.15) is 4.98 Å². The molecule has 0 aliphatic heterocycles. The van der Waals surface area contributed by atoms with E-state index in [1.54, 1.807) is 20.8 Å². The van der Waals surface area contributed by atoms with E-state index in [9.17, 15) is 4.79 Å². The van der Waals surface area contributed by atoms with Crippen molar-refractivity contribution in [3.63, 3.8) is 0 Å². The summed E-state index contributed by atoms with van der Waals surface area (Å²) in [5.74, 6) is -0.434. The summed E-state index contributed by atoms with van der Waals surface area (Å²) in [7, 11) is 0. The Morgan fingerprint density at radius 1 is 1.40 bits per heavy atom. The number of benzene rings is 1. The first kappa shape index (κ1) is 14.2. The Kier molecular flexibility index (Phi) is 3.85. The molecule has 2 aromatic rings. The van der Waals surface area contributed by atoms with E-state index in [2.05, 4.69) is 10.1 Å². The largest absolute Gasteiger partial charge is 0.454 e. The number of nitrogens with two attached hydrogens (primary N) is 1. The van der Waals surface area contributed by atoms with Crippen molar-refractivity contribution in [2.75, 3.05) is 0 Å². The summed E-state index contributed by atoms with van der Waals surface area (Å²) in [6.45, 7) is 5.74. The molecule has 0 saturated heterocycles. The lowest BCUT2D eigenvalue weighted by atomic mass is 10.1. The molecule has 1 heterocycles. The van der Waals surface area contributed by atoms with Crippen LogP contribution in [0.15, 0.2) is 28.8 Å². The molecular formula is C14H17N3O3. The lowest BCUT2D eigenvalue weighted by molar-refractivity contribution is 0.00528. The van der Waals surface area contributed by atoms with Gasteiger partial charge in [0, 0.05) is 12.1 Å². The zero-order chi connectivity index (χ0) is 14.8. The number of nitrogens with zero attached hydrogens (tertiary/aromatic N) is 2. The lowest BCUT2D eigenvalue weighted by Gasteiger charge is -2.17. The zero-order valence-corrected chi connectivity index (χ0v) is 11.7. The standard InChI is InChI=1S/C14H17N3O3/c1-14(2,3)19-13(18)11-16-12(20-17-11)10-6-4-5-9(7-10)8-15/h4-7H,8,15H2,1-3H3. The second-order valence-electron chi connectivity index (χ2n) is 5.33. The third kappa shape index (κ3) is 3.42. The minimum atomic E-state index is -0.609. The highest BCUT2D eigenvalue weighted by molar-refractivity contribution is 5.85. The SMILES string of the molecule is CC(C)(C)OC(=O)c1noc(-c2cccc(CN)c2)n1. The van der Waals surface area contributed by atoms with Crippen LogP contribution in [-0.2, 0) is 11.3 Å². The van der Waals surface area contributed by atoms with Crippen molar-refractivity contribution < 1.29 is 14.1 Å². The van der Waals surface area contributed by atoms with Crippen LogP contribution in [0.3, 0.4) is 0 Å². The molecule has 0 radical (unpaired) electrons. The van der Waals surface area contributed by atoms with Crippen molar-refractivity contribution in [2.45, 2.75) is 32.9 Å². The van der Waals surface area contributed by atoms with E-state index >= 15 is 0 Å². The molecule has 6 heteroatoms. The summed E-state index contributed by atoms with van der Waals surface area (Å²) in [4.78, 5) is 15.8. The van der Waals surface area contributed by atoms with E-state index < -0.39 is 11.6 Å². The number of carbonyl (C=O) groups excluding carboxylic acids is 1. The third-order valence-corrected chi connectivity index (χ3v) is 2.42. The van der Waals surface area contributed by atoms with E-state index in [1.807, 2.05) is 24.3 Å². The predicted octanol–water partition coefficient (Wildman–Crippen LogP) is 2.15. The number of carbonyl (C=O) groups is 1. The molecule has 0 aliphatic carbocycles. The summed E-state index contributed by atoms with van der Waals surface area (Å²) >= 11 is 0. The molecule has 0 saturated carbocycles. The van der Waals surface area contributed by atoms with E-state index in [0.29, 0.717) is 6.54 Å². The summed E-state index contributed by atoms with van der Waals surface area (Å²) in [6.07, 6.45) is 0. The van der Waals surface area contributed by atoms with Crippen molar-refractivity contribution in [3.05, 3.63) is 35.7 Å². The van der Waals surface area contributed by atoms with Crippen molar-refractivity contribution in [3.8, 4) is 11.5 Å². The second-order valence-corrected chi connectivity index (χ2v) is 5.33. The summed E-state index contributed by atoms with van der Waals surface area (Å²) in [6, 6.07) is 7.39. The van der Waals surface area contributed by atoms with Gasteiger partial charge in [-0.15, -0.1) is 0 Å². The molecule has 6 nitrogen and oxygen atoms in total. The van der Waals surface area contributed by atoms with Gasteiger partial charge in [0.15, 0.2) is 0 Å². The van der Waals surface area contributed by atoms with Crippen molar-refractivity contribution in [1.82, 2.24) is 10.1 Å². The Labute approximate surface area is 116 Å². The molecule has 1 aromatic carbocycles. The highest BCUT2D eigenvalue weighted by Crippen LogP contribution is 2.19. The topological polar surface area (TPSA) is 91.2 Å². The average molecular weight is 275 g/mol. The fourth-order valence-corrected chi connectivity index (χ4v) is 1.58. The summed E-state index contributed by atoms with van der Waals surface area (Å²) in [5, 5.41) is 3.64. The van der Waals surface area contributed by atoms with Gasteiger partial charge in [-0.1, -0.05) is 12.1 Å². The first-order valence-corrected chi connectivity index (χ1v) is 6.25. The Balaban J connectivity index is 2.22. The molecule has 2 rings (SSSR count). The quantitative estimate of drug-likeness (QED) is 0.863. The normalized spacial score (nSPS) is 11.4. The van der Waals surface area contributed by atoms with Crippen LogP contribution in [0.1, 0.15) is 37.0 Å². The molecular weight excluding hydrogens is 258 g/mol. The monoisotopic (exact) mass is 275 g/mol. The maximum absolute atomic E-state index is 11.8. The molecule has 106 valence electrons. The zero-order valence-electron chi connectivity index (χ0n) is 11.7. The van der Waals surface area contributed by atoms with Crippen LogP contribution in [0.25, 0.3) is 11.5 Å². The fraction of sp³-hybridized carbons (Fsp3) is 0.357. The average Bonchev–Trinajstić information content (AvgIpc) is 2.86. The van der Waals surface area contributed by atoms with Crippen LogP contribution in [0.2, 0.25) is 0 Å². The highest BCUT2D eigenvalue weighted by Gasteiger charge is 2.23. The van der Waals surface area contributed by atoms with E-state index in [1.165, 1.54) is 0 Å². The van der Waals surface area contributed by atoms with Crippen LogP contribution in [0.5, 0.6) is 0 Å². The van der Waals surface area contributed by atoms with Crippen LogP contribution in [0, 0.1) is 0 Å². The van der Waals surface area contributed by atoms with E-state index in [0.717, 1.165) is 11.1 Å². The molecule has 0 atom stereocenters. The first-order chi connectivity index (χ1) is 9.39. The summed E-state index contributed by atoms with van der Waals surface area (Å²) < 4.78 is 10.3. The minimum absolute atomic E-state index is 0.0897. The second kappa shape index (κ2) is 5.42. The third-order valence-electron chi connectivity index (χ3n) is 2.42. The Morgan fingerprint density at radius 3 is 2.80 bits per heavy atom. The highest BCUT2D eigenvalue weighted by atomic mass is 16.6. The fourth-order valence-electron chi connectivity index (χ4n) is 1.58. The van der Waals surface area contributed by atoms with Gasteiger partial charge >= 0.3 is 5.97 Å². The van der Waals surface area contributed by atoms with Crippen LogP contribution >= 0.6 is 0 Å². The maximum Gasteiger partial charge on any atom is 0.380 e. The molecule has 0 spiro atoms. The number of hydrogen-bond donors (Lipinski definition) is 1. The predicted molar refractivity (Wildman–Crippen MR) is 72.8 cm³/mol. The van der Waals surface area contributed by atoms with E-state index in [-0.39, 0.29) is 11.7 Å². The molecule has 0 aliphatic rings. The van der Waals surface area contributed by atoms with Gasteiger partial charge in [0.25, 0.3) is 11.7 Å². The van der Waals surface area contributed by atoms with Crippen LogP contribution in [0.4, 0.5) is 0 Å². The molecule has 0 fully saturated rings. The van der Waals surface area contributed by atoms with Crippen LogP contribution in [-0.4, -0.2) is 21.7 Å². The van der Waals surface area contributed by atoms with Crippen LogP contribution < -0.4 is 5.73 Å². The van der Waals surface area contributed by atoms with Gasteiger partial charge in [-0.3, -0.25) is 0 Å². The Hall–Kier alpha value is -2.21. The van der Waals surface area contributed by atoms with Gasteiger partial charge in [0.1, 0.15) is 5.60 Å². The molecule has 2 N–H and O–H groups in total. The number of esters is 1. The van der Waals surface area contributed by atoms with Gasteiger partial charge in [-0.05, 0) is 43.6 Å². The van der Waals surface area contributed by atoms with Gasteiger partial charge in [0.2, 0.25) is 0 Å². The number of ether oxygens (including phenoxy) is 1. The summed E-state index contributed by atoms with van der Waals surface area (Å²) in [5.41, 5.74) is 6.64. The molecule has 0 unspecified atom stereocenters. The number of hydrogen-bond acceptors (Lipinski definition) is 6. The molecule has 0 amide bonds. The minimum Gasteiger partial charge on any atom is -0.454 e. The Morgan fingerprint density at radius 2 is 2.15 bits per heavy atom. The first-order valence-electron chi connectivity index (χ1n) is 6.25. The molecule has 0 bridgehead atoms. The van der Waals surface area contributed by atoms with Gasteiger partial charge < -0.3 is 15.0 Å². The van der Waals surface area contributed by atoms with Gasteiger partial charge in [0.05, 0.1) is 0 Å². The molecule has 1 aromatic heterocycles. The Bertz CT molecular complexity index is 614. The van der Waals surface area contributed by atoms with Crippen molar-refractivity contribution in [1.29, 1.82) is 0 Å². The molecule has 20 heavy (non-hydrogen) atoms. The lowest BCUT2D eigenvalue weighted by Crippen LogP contribution is -2.24. The maximum atomic E-state index is 11.8. The van der Waals surface area contributed by atoms with E-state index in [4.69, 9.17) is 15.0 Å². The van der Waals surface area contributed by atoms with Crippen molar-refractivity contribution in [2.24, 2.45) is 5.73 Å². The van der Waals surface area contributed by atoms with Crippen molar-refractivity contribution >= 4 is 5.97 Å².